The minimum absolute atomic E-state index is 0.177. The van der Waals surface area contributed by atoms with Gasteiger partial charge in [0.25, 0.3) is 5.69 Å². The van der Waals surface area contributed by atoms with Crippen LogP contribution in [0.5, 0.6) is 0 Å². The second-order valence-corrected chi connectivity index (χ2v) is 3.01. The van der Waals surface area contributed by atoms with E-state index in [9.17, 15) is 24.6 Å². The van der Waals surface area contributed by atoms with Crippen LogP contribution in [-0.2, 0) is 0 Å². The van der Waals surface area contributed by atoms with Gasteiger partial charge in [-0.2, -0.15) is 0 Å². The lowest BCUT2D eigenvalue weighted by Crippen LogP contribution is -1.95. The molecule has 0 fully saturated rings. The molecule has 6 nitrogen and oxygen atoms in total. The smallest absolute Gasteiger partial charge is 0.259 e. The first-order chi connectivity index (χ1) is 7.41. The zero-order valence-electron chi connectivity index (χ0n) is 8.21. The van der Waals surface area contributed by atoms with Crippen molar-refractivity contribution in [3.8, 4) is 0 Å². The van der Waals surface area contributed by atoms with Gasteiger partial charge >= 0.3 is 0 Å². The van der Waals surface area contributed by atoms with Crippen LogP contribution >= 0.6 is 0 Å². The lowest BCUT2D eigenvalue weighted by Gasteiger charge is -1.97. The highest BCUT2D eigenvalue weighted by Crippen LogP contribution is 2.19. The molecule has 1 aromatic rings. The molecule has 0 aliphatic rings. The van der Waals surface area contributed by atoms with Crippen LogP contribution < -0.4 is 0 Å². The molecule has 0 saturated carbocycles. The fourth-order valence-electron chi connectivity index (χ4n) is 1.03. The van der Waals surface area contributed by atoms with Crippen molar-refractivity contribution in [2.45, 2.75) is 6.92 Å². The summed E-state index contributed by atoms with van der Waals surface area (Å²) in [5.41, 5.74) is -0.786. The Bertz CT molecular complexity index is 484. The van der Waals surface area contributed by atoms with E-state index in [1.165, 1.54) is 6.92 Å². The van der Waals surface area contributed by atoms with Crippen molar-refractivity contribution >= 4 is 11.8 Å². The van der Waals surface area contributed by atoms with E-state index in [-0.39, 0.29) is 16.9 Å². The highest BCUT2D eigenvalue weighted by atomic mass is 19.1. The van der Waals surface area contributed by atoms with Gasteiger partial charge in [-0.25, -0.2) is 4.39 Å². The third-order valence-electron chi connectivity index (χ3n) is 1.84. The van der Waals surface area contributed by atoms with Crippen molar-refractivity contribution in [3.63, 3.8) is 0 Å². The lowest BCUT2D eigenvalue weighted by atomic mass is 10.1. The highest BCUT2D eigenvalue weighted by Gasteiger charge is 2.11. The maximum absolute atomic E-state index is 13.2. The van der Waals surface area contributed by atoms with E-state index in [1.807, 2.05) is 0 Å². The molecule has 1 rings (SSSR count). The molecule has 0 aromatic heterocycles. The molecule has 0 spiro atoms. The first-order valence-electron chi connectivity index (χ1n) is 4.18. The molecule has 0 atom stereocenters. The van der Waals surface area contributed by atoms with Crippen molar-refractivity contribution in [3.05, 3.63) is 55.5 Å². The zero-order valence-corrected chi connectivity index (χ0v) is 8.21. The second kappa shape index (κ2) is 4.47. The molecular weight excluding hydrogens is 219 g/mol. The predicted molar refractivity (Wildman–Crippen MR) is 53.7 cm³/mol. The number of allylic oxidation sites excluding steroid dienone is 1. The summed E-state index contributed by atoms with van der Waals surface area (Å²) in [5.74, 6) is -0.744. The summed E-state index contributed by atoms with van der Waals surface area (Å²) in [6.45, 7) is 1.18. The number of halogens is 1. The normalized spacial score (nSPS) is 11.2. The first kappa shape index (κ1) is 11.8. The standard InChI is InChI=1S/C9H7FN2O4/c1-6(11(13)14)4-7-5-8(12(15)16)2-3-9(7)10/h2-5H,1H3/b6-4-. The Hall–Kier alpha value is -2.31. The maximum atomic E-state index is 13.2. The van der Waals surface area contributed by atoms with Gasteiger partial charge in [-0.15, -0.1) is 0 Å². The molecule has 0 bridgehead atoms. The molecule has 16 heavy (non-hydrogen) atoms. The highest BCUT2D eigenvalue weighted by molar-refractivity contribution is 5.55. The minimum atomic E-state index is -0.744. The number of non-ortho nitro benzene ring substituents is 1. The van der Waals surface area contributed by atoms with E-state index in [2.05, 4.69) is 0 Å². The summed E-state index contributed by atoms with van der Waals surface area (Å²) >= 11 is 0. The van der Waals surface area contributed by atoms with Gasteiger partial charge in [-0.3, -0.25) is 20.2 Å². The van der Waals surface area contributed by atoms with Crippen LogP contribution in [0.15, 0.2) is 23.9 Å². The maximum Gasteiger partial charge on any atom is 0.270 e. The number of hydrogen-bond donors (Lipinski definition) is 0. The molecule has 7 heteroatoms. The molecule has 0 aliphatic heterocycles. The zero-order chi connectivity index (χ0) is 12.3. The van der Waals surface area contributed by atoms with Gasteiger partial charge < -0.3 is 0 Å². The Balaban J connectivity index is 3.23. The Labute approximate surface area is 89.3 Å². The summed E-state index contributed by atoms with van der Waals surface area (Å²) in [6.07, 6.45) is 0.947. The second-order valence-electron chi connectivity index (χ2n) is 3.01. The van der Waals surface area contributed by atoms with Gasteiger partial charge in [-0.1, -0.05) is 0 Å². The van der Waals surface area contributed by atoms with Crippen molar-refractivity contribution < 1.29 is 14.2 Å². The third-order valence-corrected chi connectivity index (χ3v) is 1.84. The number of benzene rings is 1. The molecule has 0 unspecified atom stereocenters. The lowest BCUT2D eigenvalue weighted by molar-refractivity contribution is -0.422. The van der Waals surface area contributed by atoms with E-state index in [0.29, 0.717) is 0 Å². The van der Waals surface area contributed by atoms with Gasteiger partial charge in [0.2, 0.25) is 5.70 Å². The minimum Gasteiger partial charge on any atom is -0.259 e. The molecule has 84 valence electrons. The van der Waals surface area contributed by atoms with Crippen LogP contribution in [0.2, 0.25) is 0 Å². The van der Waals surface area contributed by atoms with Gasteiger partial charge in [0, 0.05) is 30.7 Å². The van der Waals surface area contributed by atoms with Gasteiger partial charge in [0.15, 0.2) is 0 Å². The Kier molecular flexibility index (Phi) is 3.29. The quantitative estimate of drug-likeness (QED) is 0.584. The summed E-state index contributed by atoms with van der Waals surface area (Å²) in [6, 6.07) is 2.84. The molecule has 0 N–H and O–H groups in total. The SMILES string of the molecule is C/C(=C/c1cc([N+](=O)[O-])ccc1F)[N+](=O)[O-]. The van der Waals surface area contributed by atoms with Crippen molar-refractivity contribution in [1.82, 2.24) is 0 Å². The van der Waals surface area contributed by atoms with E-state index < -0.39 is 15.7 Å². The predicted octanol–water partition coefficient (Wildman–Crippen LogP) is 2.37. The molecule has 0 amide bonds. The van der Waals surface area contributed by atoms with E-state index >= 15 is 0 Å². The monoisotopic (exact) mass is 226 g/mol. The topological polar surface area (TPSA) is 86.3 Å². The fraction of sp³-hybridized carbons (Fsp3) is 0.111. The van der Waals surface area contributed by atoms with Crippen LogP contribution in [0.25, 0.3) is 6.08 Å². The van der Waals surface area contributed by atoms with E-state index in [1.54, 1.807) is 0 Å². The Morgan fingerprint density at radius 3 is 2.50 bits per heavy atom. The largest absolute Gasteiger partial charge is 0.270 e. The van der Waals surface area contributed by atoms with Crippen LogP contribution in [0.3, 0.4) is 0 Å². The van der Waals surface area contributed by atoms with E-state index in [0.717, 1.165) is 24.3 Å². The molecule has 0 saturated heterocycles. The number of nitrogens with zero attached hydrogens (tertiary/aromatic N) is 2. The van der Waals surface area contributed by atoms with Gasteiger partial charge in [0.1, 0.15) is 5.82 Å². The molecule has 0 heterocycles. The Morgan fingerprint density at radius 1 is 1.38 bits per heavy atom. The Morgan fingerprint density at radius 2 is 2.00 bits per heavy atom. The van der Waals surface area contributed by atoms with Crippen molar-refractivity contribution in [1.29, 1.82) is 0 Å². The summed E-state index contributed by atoms with van der Waals surface area (Å²) in [5, 5.41) is 20.7. The number of rotatable bonds is 3. The average Bonchev–Trinajstić information content (AvgIpc) is 2.20. The van der Waals surface area contributed by atoms with Gasteiger partial charge in [0.05, 0.1) is 9.85 Å². The number of nitro benzene ring substituents is 1. The number of nitro groups is 2. The fourth-order valence-corrected chi connectivity index (χ4v) is 1.03. The van der Waals surface area contributed by atoms with Crippen LogP contribution in [0, 0.1) is 26.0 Å². The summed E-state index contributed by atoms with van der Waals surface area (Å²) < 4.78 is 13.2. The molecule has 0 radical (unpaired) electrons. The van der Waals surface area contributed by atoms with Gasteiger partial charge in [-0.05, 0) is 6.07 Å². The van der Waals surface area contributed by atoms with Crippen molar-refractivity contribution in [2.24, 2.45) is 0 Å². The molecule has 0 aliphatic carbocycles. The first-order valence-corrected chi connectivity index (χ1v) is 4.18. The number of hydrogen-bond acceptors (Lipinski definition) is 4. The summed E-state index contributed by atoms with van der Waals surface area (Å²) in [4.78, 5) is 19.3. The molecular formula is C9H7FN2O4. The van der Waals surface area contributed by atoms with E-state index in [4.69, 9.17) is 0 Å². The van der Waals surface area contributed by atoms with Crippen LogP contribution in [-0.4, -0.2) is 9.85 Å². The van der Waals surface area contributed by atoms with Crippen molar-refractivity contribution in [2.75, 3.05) is 0 Å². The van der Waals surface area contributed by atoms with Crippen LogP contribution in [0.4, 0.5) is 10.1 Å². The summed E-state index contributed by atoms with van der Waals surface area (Å²) in [7, 11) is 0. The average molecular weight is 226 g/mol. The molecule has 1 aromatic carbocycles. The third kappa shape index (κ3) is 2.59. The van der Waals surface area contributed by atoms with Crippen LogP contribution in [0.1, 0.15) is 12.5 Å².